The number of methoxy groups -OCH3 is 1. The molecule has 0 bridgehead atoms. The van der Waals surface area contributed by atoms with Crippen LogP contribution in [0.25, 0.3) is 16.7 Å². The van der Waals surface area contributed by atoms with Crippen LogP contribution in [0.4, 0.5) is 11.4 Å². The molecule has 0 spiro atoms. The van der Waals surface area contributed by atoms with Gasteiger partial charge in [0.1, 0.15) is 17.0 Å². The number of hydrogen-bond acceptors (Lipinski definition) is 6. The predicted octanol–water partition coefficient (Wildman–Crippen LogP) is 3.19. The van der Waals surface area contributed by atoms with Gasteiger partial charge in [0.05, 0.1) is 24.7 Å². The molecule has 0 saturated carbocycles. The van der Waals surface area contributed by atoms with E-state index in [9.17, 15) is 14.4 Å². The number of hydrogen-bond donors (Lipinski definition) is 2. The van der Waals surface area contributed by atoms with Crippen molar-refractivity contribution in [3.8, 4) is 11.4 Å². The Morgan fingerprint density at radius 2 is 1.80 bits per heavy atom. The van der Waals surface area contributed by atoms with Crippen molar-refractivity contribution < 1.29 is 14.3 Å². The number of anilines is 2. The molecule has 0 saturated heterocycles. The van der Waals surface area contributed by atoms with Gasteiger partial charge in [-0.15, -0.1) is 0 Å². The number of aromatic nitrogens is 4. The second-order valence-corrected chi connectivity index (χ2v) is 8.14. The first-order valence-electron chi connectivity index (χ1n) is 11.0. The van der Waals surface area contributed by atoms with Gasteiger partial charge in [-0.2, -0.15) is 5.10 Å². The van der Waals surface area contributed by atoms with Gasteiger partial charge in [-0.1, -0.05) is 17.7 Å². The molecule has 0 aliphatic heterocycles. The topological polar surface area (TPSA) is 120 Å². The lowest BCUT2D eigenvalue weighted by Crippen LogP contribution is -2.26. The second kappa shape index (κ2) is 9.80. The Bertz CT molecular complexity index is 1470. The van der Waals surface area contributed by atoms with Crippen LogP contribution in [0.2, 0.25) is 0 Å². The average molecular weight is 475 g/mol. The molecule has 0 atom stereocenters. The van der Waals surface area contributed by atoms with E-state index in [0.717, 1.165) is 11.3 Å². The molecule has 0 fully saturated rings. The fourth-order valence-electron chi connectivity index (χ4n) is 3.76. The molecule has 2 heterocycles. The van der Waals surface area contributed by atoms with Crippen LogP contribution < -0.4 is 20.9 Å². The zero-order valence-corrected chi connectivity index (χ0v) is 20.0. The molecule has 2 amide bonds. The van der Waals surface area contributed by atoms with Gasteiger partial charge < -0.3 is 15.4 Å². The SMILES string of the molecule is COc1ccc(NC(C)=O)cc1NC(=O)CCn1c(C)nc2c(cnn2-c2ccc(C)cc2)c1=O. The Labute approximate surface area is 201 Å². The number of ether oxygens (including phenoxy) is 1. The summed E-state index contributed by atoms with van der Waals surface area (Å²) in [5.41, 5.74) is 3.08. The number of aryl methyl sites for hydroxylation is 2. The van der Waals surface area contributed by atoms with E-state index in [1.54, 1.807) is 29.8 Å². The Morgan fingerprint density at radius 3 is 2.49 bits per heavy atom. The number of benzene rings is 2. The fourth-order valence-corrected chi connectivity index (χ4v) is 3.76. The maximum Gasteiger partial charge on any atom is 0.264 e. The van der Waals surface area contributed by atoms with Crippen LogP contribution in [-0.2, 0) is 16.1 Å². The number of carbonyl (C=O) groups is 2. The van der Waals surface area contributed by atoms with Crippen molar-refractivity contribution in [2.24, 2.45) is 0 Å². The van der Waals surface area contributed by atoms with Gasteiger partial charge >= 0.3 is 0 Å². The van der Waals surface area contributed by atoms with Gasteiger partial charge in [0.2, 0.25) is 11.8 Å². The Morgan fingerprint density at radius 1 is 1.06 bits per heavy atom. The monoisotopic (exact) mass is 474 g/mol. The lowest BCUT2D eigenvalue weighted by Gasteiger charge is -2.13. The Hall–Kier alpha value is -4.47. The van der Waals surface area contributed by atoms with Crippen LogP contribution in [-0.4, -0.2) is 38.3 Å². The van der Waals surface area contributed by atoms with Crippen molar-refractivity contribution in [3.63, 3.8) is 0 Å². The van der Waals surface area contributed by atoms with Gasteiger partial charge in [-0.25, -0.2) is 9.67 Å². The molecular formula is C25H26N6O4. The van der Waals surface area contributed by atoms with Crippen molar-refractivity contribution in [3.05, 3.63) is 70.4 Å². The van der Waals surface area contributed by atoms with E-state index in [1.165, 1.54) is 24.8 Å². The minimum absolute atomic E-state index is 0.0353. The smallest absolute Gasteiger partial charge is 0.264 e. The third kappa shape index (κ3) is 5.06. The molecule has 2 N–H and O–H groups in total. The summed E-state index contributed by atoms with van der Waals surface area (Å²) in [6.45, 7) is 5.27. The molecule has 35 heavy (non-hydrogen) atoms. The van der Waals surface area contributed by atoms with Crippen LogP contribution in [0.15, 0.2) is 53.5 Å². The van der Waals surface area contributed by atoms with E-state index in [0.29, 0.717) is 34.0 Å². The highest BCUT2D eigenvalue weighted by Crippen LogP contribution is 2.28. The zero-order valence-electron chi connectivity index (χ0n) is 20.0. The van der Waals surface area contributed by atoms with Crippen LogP contribution >= 0.6 is 0 Å². The molecule has 0 unspecified atom stereocenters. The normalized spacial score (nSPS) is 10.9. The summed E-state index contributed by atoms with van der Waals surface area (Å²) in [6, 6.07) is 12.7. The van der Waals surface area contributed by atoms with E-state index >= 15 is 0 Å². The van der Waals surface area contributed by atoms with Gasteiger partial charge in [0.15, 0.2) is 5.65 Å². The maximum absolute atomic E-state index is 13.1. The molecule has 0 aliphatic carbocycles. The molecule has 4 aromatic rings. The van der Waals surface area contributed by atoms with Crippen LogP contribution in [0, 0.1) is 13.8 Å². The number of nitrogens with zero attached hydrogens (tertiary/aromatic N) is 4. The van der Waals surface area contributed by atoms with E-state index in [1.807, 2.05) is 31.2 Å². The third-order valence-corrected chi connectivity index (χ3v) is 5.51. The minimum atomic E-state index is -0.315. The lowest BCUT2D eigenvalue weighted by molar-refractivity contribution is -0.116. The number of rotatable bonds is 7. The molecular weight excluding hydrogens is 448 g/mol. The summed E-state index contributed by atoms with van der Waals surface area (Å²) < 4.78 is 8.40. The molecule has 180 valence electrons. The van der Waals surface area contributed by atoms with Gasteiger partial charge in [0.25, 0.3) is 5.56 Å². The molecule has 0 radical (unpaired) electrons. The van der Waals surface area contributed by atoms with Crippen molar-refractivity contribution >= 4 is 34.2 Å². The molecule has 4 rings (SSSR count). The van der Waals surface area contributed by atoms with Crippen molar-refractivity contribution in [1.29, 1.82) is 0 Å². The van der Waals surface area contributed by atoms with E-state index in [4.69, 9.17) is 4.74 Å². The van der Waals surface area contributed by atoms with Crippen molar-refractivity contribution in [1.82, 2.24) is 19.3 Å². The third-order valence-electron chi connectivity index (χ3n) is 5.51. The van der Waals surface area contributed by atoms with E-state index in [2.05, 4.69) is 20.7 Å². The first-order valence-corrected chi connectivity index (χ1v) is 11.0. The largest absolute Gasteiger partial charge is 0.495 e. The van der Waals surface area contributed by atoms with Crippen LogP contribution in [0.1, 0.15) is 24.7 Å². The number of fused-ring (bicyclic) bond motifs is 1. The number of carbonyl (C=O) groups excluding carboxylic acids is 2. The van der Waals surface area contributed by atoms with E-state index in [-0.39, 0.29) is 30.3 Å². The predicted molar refractivity (Wildman–Crippen MR) is 133 cm³/mol. The fraction of sp³-hybridized carbons (Fsp3) is 0.240. The highest BCUT2D eigenvalue weighted by Gasteiger charge is 2.16. The Kier molecular flexibility index (Phi) is 6.63. The number of nitrogens with one attached hydrogen (secondary N) is 2. The molecule has 2 aromatic heterocycles. The van der Waals surface area contributed by atoms with Gasteiger partial charge in [0, 0.05) is 25.6 Å². The molecule has 0 aliphatic rings. The van der Waals surface area contributed by atoms with Gasteiger partial charge in [-0.3, -0.25) is 19.0 Å². The van der Waals surface area contributed by atoms with Gasteiger partial charge in [-0.05, 0) is 44.2 Å². The maximum atomic E-state index is 13.1. The summed E-state index contributed by atoms with van der Waals surface area (Å²) in [7, 11) is 1.49. The quantitative estimate of drug-likeness (QED) is 0.424. The second-order valence-electron chi connectivity index (χ2n) is 8.14. The first kappa shape index (κ1) is 23.7. The highest BCUT2D eigenvalue weighted by molar-refractivity contribution is 5.95. The lowest BCUT2D eigenvalue weighted by atomic mass is 10.2. The minimum Gasteiger partial charge on any atom is -0.495 e. The van der Waals surface area contributed by atoms with Crippen LogP contribution in [0.3, 0.4) is 0 Å². The zero-order chi connectivity index (χ0) is 25.1. The van der Waals surface area contributed by atoms with Crippen LogP contribution in [0.5, 0.6) is 5.75 Å². The standard InChI is InChI=1S/C25H26N6O4/c1-15-5-8-19(9-6-15)31-24-20(14-26-31)25(34)30(16(2)27-24)12-11-23(33)29-21-13-18(28-17(3)32)7-10-22(21)35-4/h5-10,13-14H,11-12H2,1-4H3,(H,28,32)(H,29,33). The number of amides is 2. The highest BCUT2D eigenvalue weighted by atomic mass is 16.5. The summed E-state index contributed by atoms with van der Waals surface area (Å²) in [4.78, 5) is 41.8. The average Bonchev–Trinajstić information content (AvgIpc) is 3.23. The Balaban J connectivity index is 1.54. The molecule has 10 nitrogen and oxygen atoms in total. The first-order chi connectivity index (χ1) is 16.8. The summed E-state index contributed by atoms with van der Waals surface area (Å²) >= 11 is 0. The molecule has 10 heteroatoms. The molecule has 2 aromatic carbocycles. The van der Waals surface area contributed by atoms with Crippen molar-refractivity contribution in [2.75, 3.05) is 17.7 Å². The van der Waals surface area contributed by atoms with E-state index < -0.39 is 0 Å². The van der Waals surface area contributed by atoms with Crippen molar-refractivity contribution in [2.45, 2.75) is 33.7 Å². The summed E-state index contributed by atoms with van der Waals surface area (Å²) in [5, 5.41) is 10.2. The summed E-state index contributed by atoms with van der Waals surface area (Å²) in [6.07, 6.45) is 1.53. The summed E-state index contributed by atoms with van der Waals surface area (Å²) in [5.74, 6) is 0.391.